The summed E-state index contributed by atoms with van der Waals surface area (Å²) in [5, 5.41) is 13.7. The lowest BCUT2D eigenvalue weighted by Gasteiger charge is -2.24. The predicted octanol–water partition coefficient (Wildman–Crippen LogP) is -1.02. The number of nitrogens with two attached hydrogens (primary N) is 1. The van der Waals surface area contributed by atoms with Gasteiger partial charge in [-0.1, -0.05) is 20.3 Å². The van der Waals surface area contributed by atoms with Crippen LogP contribution in [0.15, 0.2) is 0 Å². The molecule has 7 nitrogen and oxygen atoms in total. The molecule has 0 saturated carbocycles. The number of hydrogen-bond acceptors (Lipinski definition) is 5. The van der Waals surface area contributed by atoms with Crippen molar-refractivity contribution < 1.29 is 19.5 Å². The Balaban J connectivity index is 4.80. The topological polar surface area (TPSA) is 122 Å². The van der Waals surface area contributed by atoms with E-state index in [9.17, 15) is 14.4 Å². The van der Waals surface area contributed by atoms with Crippen LogP contribution in [-0.4, -0.2) is 47.3 Å². The molecule has 0 aliphatic heterocycles. The number of amides is 2. The summed E-state index contributed by atoms with van der Waals surface area (Å²) in [5.74, 6) is -2.34. The Morgan fingerprint density at radius 2 is 1.89 bits per heavy atom. The minimum atomic E-state index is -1.17. The highest BCUT2D eigenvalue weighted by Crippen LogP contribution is 2.08. The Hall–Kier alpha value is -1.28. The van der Waals surface area contributed by atoms with Crippen molar-refractivity contribution in [1.29, 1.82) is 0 Å². The number of aliphatic carboxylic acids is 1. The molecule has 5 N–H and O–H groups in total. The van der Waals surface area contributed by atoms with E-state index in [1.54, 1.807) is 6.92 Å². The SMILES string of the molecule is CC[C@H](C)[C@H](NC(=O)CN)C(=O)N[C@@H](CS)C(=O)O. The number of thiol groups is 1. The zero-order valence-electron chi connectivity index (χ0n) is 11.0. The van der Waals surface area contributed by atoms with Crippen molar-refractivity contribution in [2.75, 3.05) is 12.3 Å². The van der Waals surface area contributed by atoms with E-state index in [1.807, 2.05) is 6.92 Å². The summed E-state index contributed by atoms with van der Waals surface area (Å²) in [6.07, 6.45) is 0.654. The van der Waals surface area contributed by atoms with Crippen LogP contribution in [0.5, 0.6) is 0 Å². The summed E-state index contributed by atoms with van der Waals surface area (Å²) in [6, 6.07) is -1.89. The quantitative estimate of drug-likeness (QED) is 0.366. The summed E-state index contributed by atoms with van der Waals surface area (Å²) in [6.45, 7) is 3.43. The van der Waals surface area contributed by atoms with Gasteiger partial charge in [0.15, 0.2) is 0 Å². The standard InChI is InChI=1S/C11H21N3O4S/c1-3-6(2)9(14-8(15)4-12)10(16)13-7(5-19)11(17)18/h6-7,9,19H,3-5,12H2,1-2H3,(H,13,16)(H,14,15)(H,17,18)/t6-,7-,9-/m0/s1. The molecule has 0 aliphatic carbocycles. The van der Waals surface area contributed by atoms with Gasteiger partial charge in [-0.25, -0.2) is 4.79 Å². The van der Waals surface area contributed by atoms with Crippen molar-refractivity contribution in [2.45, 2.75) is 32.4 Å². The highest BCUT2D eigenvalue weighted by molar-refractivity contribution is 7.80. The predicted molar refractivity (Wildman–Crippen MR) is 73.9 cm³/mol. The van der Waals surface area contributed by atoms with E-state index >= 15 is 0 Å². The fourth-order valence-electron chi connectivity index (χ4n) is 1.38. The normalized spacial score (nSPS) is 15.2. The Morgan fingerprint density at radius 3 is 2.26 bits per heavy atom. The van der Waals surface area contributed by atoms with Crippen LogP contribution in [0.2, 0.25) is 0 Å². The summed E-state index contributed by atoms with van der Waals surface area (Å²) in [4.78, 5) is 34.1. The number of carbonyl (C=O) groups is 3. The van der Waals surface area contributed by atoms with E-state index in [4.69, 9.17) is 10.8 Å². The molecule has 8 heteroatoms. The van der Waals surface area contributed by atoms with Gasteiger partial charge in [0.2, 0.25) is 11.8 Å². The van der Waals surface area contributed by atoms with Gasteiger partial charge < -0.3 is 21.5 Å². The fraction of sp³-hybridized carbons (Fsp3) is 0.727. The van der Waals surface area contributed by atoms with E-state index in [1.165, 1.54) is 0 Å². The van der Waals surface area contributed by atoms with Crippen molar-refractivity contribution in [3.05, 3.63) is 0 Å². The van der Waals surface area contributed by atoms with E-state index in [0.717, 1.165) is 0 Å². The second-order valence-electron chi connectivity index (χ2n) is 4.22. The van der Waals surface area contributed by atoms with Gasteiger partial charge >= 0.3 is 5.97 Å². The Labute approximate surface area is 117 Å². The molecule has 0 saturated heterocycles. The molecule has 0 aliphatic rings. The van der Waals surface area contributed by atoms with Gasteiger partial charge in [-0.15, -0.1) is 0 Å². The minimum absolute atomic E-state index is 0.0286. The Morgan fingerprint density at radius 1 is 1.32 bits per heavy atom. The molecule has 0 rings (SSSR count). The zero-order valence-corrected chi connectivity index (χ0v) is 11.9. The van der Waals surface area contributed by atoms with Gasteiger partial charge in [-0.2, -0.15) is 12.6 Å². The van der Waals surface area contributed by atoms with Crippen LogP contribution in [0, 0.1) is 5.92 Å². The van der Waals surface area contributed by atoms with Gasteiger partial charge in [-0.3, -0.25) is 9.59 Å². The van der Waals surface area contributed by atoms with Crippen molar-refractivity contribution in [2.24, 2.45) is 11.7 Å². The van der Waals surface area contributed by atoms with Crippen LogP contribution >= 0.6 is 12.6 Å². The lowest BCUT2D eigenvalue weighted by atomic mass is 9.98. The summed E-state index contributed by atoms with van der Waals surface area (Å²) < 4.78 is 0. The molecular formula is C11H21N3O4S. The van der Waals surface area contributed by atoms with Crippen LogP contribution in [0.1, 0.15) is 20.3 Å². The van der Waals surface area contributed by atoms with Gasteiger partial charge in [0, 0.05) is 5.75 Å². The first-order valence-electron chi connectivity index (χ1n) is 6.00. The first-order valence-corrected chi connectivity index (χ1v) is 6.64. The van der Waals surface area contributed by atoms with Crippen molar-refractivity contribution in [3.8, 4) is 0 Å². The molecule has 0 aromatic rings. The lowest BCUT2D eigenvalue weighted by molar-refractivity contribution is -0.141. The third kappa shape index (κ3) is 5.93. The number of rotatable bonds is 8. The molecule has 110 valence electrons. The molecule has 2 amide bonds. The van der Waals surface area contributed by atoms with Gasteiger partial charge in [0.1, 0.15) is 12.1 Å². The van der Waals surface area contributed by atoms with Crippen LogP contribution in [0.3, 0.4) is 0 Å². The maximum Gasteiger partial charge on any atom is 0.327 e. The molecule has 0 bridgehead atoms. The smallest absolute Gasteiger partial charge is 0.327 e. The van der Waals surface area contributed by atoms with Gasteiger partial charge in [0.05, 0.1) is 6.54 Å². The van der Waals surface area contributed by atoms with Gasteiger partial charge in [-0.05, 0) is 5.92 Å². The van der Waals surface area contributed by atoms with Crippen LogP contribution in [0.25, 0.3) is 0 Å². The molecule has 19 heavy (non-hydrogen) atoms. The Bertz CT molecular complexity index is 338. The highest BCUT2D eigenvalue weighted by atomic mass is 32.1. The number of carboxylic acids is 1. The van der Waals surface area contributed by atoms with E-state index in [-0.39, 0.29) is 18.2 Å². The molecule has 0 fully saturated rings. The van der Waals surface area contributed by atoms with Gasteiger partial charge in [0.25, 0.3) is 0 Å². The second kappa shape index (κ2) is 8.76. The minimum Gasteiger partial charge on any atom is -0.480 e. The van der Waals surface area contributed by atoms with E-state index in [0.29, 0.717) is 6.42 Å². The summed E-state index contributed by atoms with van der Waals surface area (Å²) in [5.41, 5.74) is 5.19. The van der Waals surface area contributed by atoms with Crippen LogP contribution in [-0.2, 0) is 14.4 Å². The largest absolute Gasteiger partial charge is 0.480 e. The van der Waals surface area contributed by atoms with Crippen molar-refractivity contribution in [1.82, 2.24) is 10.6 Å². The maximum atomic E-state index is 12.0. The molecule has 0 radical (unpaired) electrons. The van der Waals surface area contributed by atoms with E-state index < -0.39 is 29.9 Å². The lowest BCUT2D eigenvalue weighted by Crippen LogP contribution is -2.55. The average molecular weight is 291 g/mol. The molecular weight excluding hydrogens is 270 g/mol. The fourth-order valence-corrected chi connectivity index (χ4v) is 1.63. The van der Waals surface area contributed by atoms with Crippen molar-refractivity contribution in [3.63, 3.8) is 0 Å². The first kappa shape index (κ1) is 17.7. The second-order valence-corrected chi connectivity index (χ2v) is 4.58. The molecule has 0 unspecified atom stereocenters. The third-order valence-electron chi connectivity index (χ3n) is 2.79. The summed E-state index contributed by atoms with van der Waals surface area (Å²) >= 11 is 3.86. The number of nitrogens with one attached hydrogen (secondary N) is 2. The Kier molecular flexibility index (Phi) is 8.17. The zero-order chi connectivity index (χ0) is 15.0. The highest BCUT2D eigenvalue weighted by Gasteiger charge is 2.28. The maximum absolute atomic E-state index is 12.0. The number of carbonyl (C=O) groups excluding carboxylic acids is 2. The van der Waals surface area contributed by atoms with Crippen LogP contribution < -0.4 is 16.4 Å². The third-order valence-corrected chi connectivity index (χ3v) is 3.16. The molecule has 0 aromatic carbocycles. The average Bonchev–Trinajstić information content (AvgIpc) is 2.39. The van der Waals surface area contributed by atoms with Crippen LogP contribution in [0.4, 0.5) is 0 Å². The number of carboxylic acid groups (broad SMARTS) is 1. The van der Waals surface area contributed by atoms with E-state index in [2.05, 4.69) is 23.3 Å². The molecule has 3 atom stereocenters. The number of hydrogen-bond donors (Lipinski definition) is 5. The molecule has 0 aromatic heterocycles. The first-order chi connectivity index (χ1) is 8.87. The molecule has 0 spiro atoms. The molecule has 0 heterocycles. The monoisotopic (exact) mass is 291 g/mol. The summed E-state index contributed by atoms with van der Waals surface area (Å²) in [7, 11) is 0. The van der Waals surface area contributed by atoms with Crippen molar-refractivity contribution >= 4 is 30.4 Å².